The molecule has 0 aromatic heterocycles. The molecule has 0 N–H and O–H groups in total. The van der Waals surface area contributed by atoms with Crippen molar-refractivity contribution >= 4 is 11.8 Å². The number of allylic oxidation sites excluding steroid dienone is 1. The molecule has 0 amide bonds. The van der Waals surface area contributed by atoms with Crippen LogP contribution in [0, 0.1) is 5.41 Å². The van der Waals surface area contributed by atoms with Gasteiger partial charge < -0.3 is 0 Å². The summed E-state index contributed by atoms with van der Waals surface area (Å²) in [6, 6.07) is 0. The lowest BCUT2D eigenvalue weighted by molar-refractivity contribution is 1.23. The normalized spacial score (nSPS) is 10.3. The van der Waals surface area contributed by atoms with Crippen molar-refractivity contribution in [1.29, 1.82) is 0 Å². The monoisotopic (exact) mass is 101 g/mol. The minimum Gasteiger partial charge on any atom is -0.129 e. The van der Waals surface area contributed by atoms with Crippen molar-refractivity contribution < 1.29 is 0 Å². The Bertz CT molecular complexity index is 33.2. The van der Waals surface area contributed by atoms with E-state index in [0.29, 0.717) is 0 Å². The smallest absolute Gasteiger partial charge is 0.0162 e. The van der Waals surface area contributed by atoms with E-state index in [2.05, 4.69) is 12.3 Å². The predicted molar refractivity (Wildman–Crippen MR) is 31.6 cm³/mol. The zero-order chi connectivity index (χ0) is 4.83. The third kappa shape index (κ3) is 4.09. The van der Waals surface area contributed by atoms with Crippen LogP contribution in [-0.4, -0.2) is 6.26 Å². The Kier molecular flexibility index (Phi) is 5.17. The Balaban J connectivity index is 2.73. The zero-order valence-corrected chi connectivity index (χ0v) is 5.01. The molecule has 0 unspecified atom stereocenters. The van der Waals surface area contributed by atoms with Gasteiger partial charge in [0, 0.05) is 5.41 Å². The highest BCUT2D eigenvalue weighted by atomic mass is 32.2. The summed E-state index contributed by atoms with van der Waals surface area (Å²) in [5, 5.41) is 2.99. The molecule has 0 saturated heterocycles. The molecular formula is C5H9S. The largest absolute Gasteiger partial charge is 0.129 e. The molecule has 0 heterocycles. The van der Waals surface area contributed by atoms with Gasteiger partial charge in [0.05, 0.1) is 0 Å². The second-order valence-electron chi connectivity index (χ2n) is 0.934. The molecule has 0 aliphatic heterocycles. The molecule has 0 aliphatic rings. The number of hydrogen-bond donors (Lipinski definition) is 0. The highest BCUT2D eigenvalue weighted by Crippen LogP contribution is 1.91. The topological polar surface area (TPSA) is 0 Å². The summed E-state index contributed by atoms with van der Waals surface area (Å²) in [5.41, 5.74) is 0. The molecule has 0 bridgehead atoms. The van der Waals surface area contributed by atoms with Crippen LogP contribution < -0.4 is 0 Å². The van der Waals surface area contributed by atoms with Gasteiger partial charge >= 0.3 is 0 Å². The lowest BCUT2D eigenvalue weighted by Gasteiger charge is -1.71. The van der Waals surface area contributed by atoms with Crippen molar-refractivity contribution in [2.24, 2.45) is 0 Å². The quantitative estimate of drug-likeness (QED) is 0.513. The van der Waals surface area contributed by atoms with Crippen LogP contribution in [-0.2, 0) is 0 Å². The average molecular weight is 101 g/mol. The van der Waals surface area contributed by atoms with Crippen LogP contribution >= 0.6 is 11.8 Å². The average Bonchev–Trinajstić information content (AvgIpc) is 1.61. The molecule has 0 aliphatic carbocycles. The molecular weight excluding hydrogens is 92.1 g/mol. The van der Waals surface area contributed by atoms with Crippen molar-refractivity contribution in [3.63, 3.8) is 0 Å². The number of rotatable bonds is 2. The second-order valence-corrected chi connectivity index (χ2v) is 1.58. The van der Waals surface area contributed by atoms with E-state index in [-0.39, 0.29) is 0 Å². The first-order valence-corrected chi connectivity index (χ1v) is 3.24. The van der Waals surface area contributed by atoms with Gasteiger partial charge in [0.1, 0.15) is 0 Å². The summed E-state index contributed by atoms with van der Waals surface area (Å²) in [6.45, 7) is 2.10. The van der Waals surface area contributed by atoms with Crippen LogP contribution in [0.1, 0.15) is 13.3 Å². The van der Waals surface area contributed by atoms with Gasteiger partial charge in [-0.25, -0.2) is 0 Å². The van der Waals surface area contributed by atoms with E-state index >= 15 is 0 Å². The van der Waals surface area contributed by atoms with Crippen LogP contribution in [0.4, 0.5) is 0 Å². The van der Waals surface area contributed by atoms with Crippen LogP contribution in [0.5, 0.6) is 0 Å². The maximum Gasteiger partial charge on any atom is 0.0162 e. The summed E-state index contributed by atoms with van der Waals surface area (Å²) in [6.07, 6.45) is 5.12. The van der Waals surface area contributed by atoms with Crippen molar-refractivity contribution in [3.05, 3.63) is 11.5 Å². The van der Waals surface area contributed by atoms with Gasteiger partial charge in [0.2, 0.25) is 0 Å². The van der Waals surface area contributed by atoms with Crippen molar-refractivity contribution in [3.8, 4) is 0 Å². The Morgan fingerprint density at radius 3 is 2.67 bits per heavy atom. The molecule has 0 saturated carbocycles. The van der Waals surface area contributed by atoms with E-state index in [4.69, 9.17) is 0 Å². The summed E-state index contributed by atoms with van der Waals surface area (Å²) >= 11 is 1.62. The standard InChI is InChI=1S/C5H9S/c1-3-4-5-6-2/h4H,3H2,1-2H3. The van der Waals surface area contributed by atoms with Gasteiger partial charge in [-0.05, 0) is 12.7 Å². The third-order valence-electron chi connectivity index (χ3n) is 0.405. The van der Waals surface area contributed by atoms with Gasteiger partial charge in [0.15, 0.2) is 0 Å². The van der Waals surface area contributed by atoms with Gasteiger partial charge in [0.25, 0.3) is 0 Å². The lowest BCUT2D eigenvalue weighted by atomic mass is 10.5. The molecule has 0 aromatic rings. The van der Waals surface area contributed by atoms with Gasteiger partial charge in [-0.2, -0.15) is 0 Å². The molecule has 1 radical (unpaired) electrons. The highest BCUT2D eigenvalue weighted by Gasteiger charge is 1.61. The van der Waals surface area contributed by atoms with Gasteiger partial charge in [-0.3, -0.25) is 0 Å². The number of hydrogen-bond acceptors (Lipinski definition) is 1. The Labute approximate surface area is 43.6 Å². The molecule has 0 atom stereocenters. The Hall–Kier alpha value is 0.0900. The fourth-order valence-corrected chi connectivity index (χ4v) is 0.500. The molecule has 0 rings (SSSR count). The SMILES string of the molecule is CC/C=[C]\SC. The maximum atomic E-state index is 2.99. The summed E-state index contributed by atoms with van der Waals surface area (Å²) in [5.74, 6) is 0. The molecule has 6 heavy (non-hydrogen) atoms. The van der Waals surface area contributed by atoms with E-state index in [1.165, 1.54) is 0 Å². The van der Waals surface area contributed by atoms with E-state index in [1.807, 2.05) is 12.3 Å². The van der Waals surface area contributed by atoms with Crippen molar-refractivity contribution in [1.82, 2.24) is 0 Å². The van der Waals surface area contributed by atoms with Crippen molar-refractivity contribution in [2.45, 2.75) is 13.3 Å². The van der Waals surface area contributed by atoms with E-state index in [0.717, 1.165) is 6.42 Å². The molecule has 0 nitrogen and oxygen atoms in total. The zero-order valence-electron chi connectivity index (χ0n) is 4.19. The van der Waals surface area contributed by atoms with E-state index < -0.39 is 0 Å². The fourth-order valence-electron chi connectivity index (χ4n) is 0.167. The van der Waals surface area contributed by atoms with E-state index in [1.54, 1.807) is 11.8 Å². The van der Waals surface area contributed by atoms with Crippen LogP contribution in [0.2, 0.25) is 0 Å². The van der Waals surface area contributed by atoms with E-state index in [9.17, 15) is 0 Å². The maximum absolute atomic E-state index is 2.99. The molecule has 0 fully saturated rings. The predicted octanol–water partition coefficient (Wildman–Crippen LogP) is 2.08. The fraction of sp³-hybridized carbons (Fsp3) is 0.600. The molecule has 0 aromatic carbocycles. The lowest BCUT2D eigenvalue weighted by Crippen LogP contribution is -1.47. The molecule has 0 spiro atoms. The summed E-state index contributed by atoms with van der Waals surface area (Å²) < 4.78 is 0. The molecule has 1 heteroatoms. The van der Waals surface area contributed by atoms with Crippen LogP contribution in [0.15, 0.2) is 6.08 Å². The third-order valence-corrected chi connectivity index (χ3v) is 0.808. The van der Waals surface area contributed by atoms with Crippen molar-refractivity contribution in [2.75, 3.05) is 6.26 Å². The first-order chi connectivity index (χ1) is 2.91. The Morgan fingerprint density at radius 1 is 1.83 bits per heavy atom. The first kappa shape index (κ1) is 6.09. The van der Waals surface area contributed by atoms with Gasteiger partial charge in [-0.15, -0.1) is 11.8 Å². The summed E-state index contributed by atoms with van der Waals surface area (Å²) in [7, 11) is 0. The van der Waals surface area contributed by atoms with Gasteiger partial charge in [-0.1, -0.05) is 13.0 Å². The molecule has 35 valence electrons. The minimum atomic E-state index is 1.10. The Morgan fingerprint density at radius 2 is 2.50 bits per heavy atom. The second kappa shape index (κ2) is 5.09. The number of thioether (sulfide) groups is 1. The summed E-state index contributed by atoms with van der Waals surface area (Å²) in [4.78, 5) is 0. The highest BCUT2D eigenvalue weighted by molar-refractivity contribution is 8.00. The van der Waals surface area contributed by atoms with Crippen LogP contribution in [0.3, 0.4) is 0 Å². The van der Waals surface area contributed by atoms with Crippen LogP contribution in [0.25, 0.3) is 0 Å². The first-order valence-electron chi connectivity index (χ1n) is 2.02. The minimum absolute atomic E-state index is 1.10.